The minimum atomic E-state index is -0.303. The highest BCUT2D eigenvalue weighted by atomic mass is 19.1. The van der Waals surface area contributed by atoms with Gasteiger partial charge in [-0.05, 0) is 54.2 Å². The lowest BCUT2D eigenvalue weighted by Gasteiger charge is -2.38. The number of hydrogen-bond donors (Lipinski definition) is 2. The Balaban J connectivity index is 1.81. The number of aromatic hydroxyl groups is 1. The van der Waals surface area contributed by atoms with Gasteiger partial charge < -0.3 is 15.2 Å². The molecule has 3 rings (SSSR count). The van der Waals surface area contributed by atoms with Crippen LogP contribution in [0.2, 0.25) is 0 Å². The molecule has 0 atom stereocenters. The van der Waals surface area contributed by atoms with E-state index in [9.17, 15) is 14.3 Å². The van der Waals surface area contributed by atoms with Crippen molar-refractivity contribution in [2.75, 3.05) is 19.8 Å². The van der Waals surface area contributed by atoms with E-state index in [4.69, 9.17) is 4.74 Å². The zero-order chi connectivity index (χ0) is 19.4. The molecule has 1 saturated heterocycles. The highest BCUT2D eigenvalue weighted by Gasteiger charge is 2.35. The van der Waals surface area contributed by atoms with E-state index in [0.717, 1.165) is 24.0 Å². The van der Waals surface area contributed by atoms with Crippen LogP contribution in [0.1, 0.15) is 54.1 Å². The van der Waals surface area contributed by atoms with E-state index in [1.165, 1.54) is 12.1 Å². The van der Waals surface area contributed by atoms with Crippen molar-refractivity contribution >= 4 is 5.91 Å². The van der Waals surface area contributed by atoms with Gasteiger partial charge in [-0.25, -0.2) is 4.39 Å². The van der Waals surface area contributed by atoms with E-state index in [-0.39, 0.29) is 34.4 Å². The summed E-state index contributed by atoms with van der Waals surface area (Å²) < 4.78 is 18.8. The summed E-state index contributed by atoms with van der Waals surface area (Å²) in [5.41, 5.74) is 1.97. The number of rotatable bonds is 5. The maximum atomic E-state index is 13.3. The van der Waals surface area contributed by atoms with Gasteiger partial charge in [0.05, 0.1) is 5.56 Å². The van der Waals surface area contributed by atoms with Crippen LogP contribution in [0.25, 0.3) is 0 Å². The lowest BCUT2D eigenvalue weighted by atomic mass is 9.74. The van der Waals surface area contributed by atoms with Gasteiger partial charge in [-0.15, -0.1) is 0 Å². The van der Waals surface area contributed by atoms with E-state index in [2.05, 4.69) is 5.32 Å². The van der Waals surface area contributed by atoms with Crippen molar-refractivity contribution in [1.29, 1.82) is 0 Å². The van der Waals surface area contributed by atoms with Gasteiger partial charge in [-0.3, -0.25) is 4.79 Å². The molecule has 0 aromatic heterocycles. The summed E-state index contributed by atoms with van der Waals surface area (Å²) in [4.78, 5) is 12.7. The summed E-state index contributed by atoms with van der Waals surface area (Å²) in [6, 6.07) is 11.6. The lowest BCUT2D eigenvalue weighted by molar-refractivity contribution is 0.0486. The van der Waals surface area contributed by atoms with Gasteiger partial charge in [-0.2, -0.15) is 0 Å². The third-order valence-electron chi connectivity index (χ3n) is 5.43. The Labute approximate surface area is 159 Å². The SMILES string of the molecule is CC(C)c1ccc(O)c(C(=O)NCC2(c3ccc(F)cc3)CCOCC2)c1. The molecule has 0 spiro atoms. The third kappa shape index (κ3) is 4.30. The second-order valence-electron chi connectivity index (χ2n) is 7.51. The van der Waals surface area contributed by atoms with Crippen molar-refractivity contribution < 1.29 is 19.0 Å². The fourth-order valence-electron chi connectivity index (χ4n) is 3.57. The van der Waals surface area contributed by atoms with Gasteiger partial charge in [0.15, 0.2) is 0 Å². The maximum absolute atomic E-state index is 13.3. The van der Waals surface area contributed by atoms with Crippen LogP contribution in [0.15, 0.2) is 42.5 Å². The minimum Gasteiger partial charge on any atom is -0.507 e. The Morgan fingerprint density at radius 1 is 1.19 bits per heavy atom. The number of benzene rings is 2. The van der Waals surface area contributed by atoms with Crippen molar-refractivity contribution in [3.8, 4) is 5.75 Å². The van der Waals surface area contributed by atoms with Crippen LogP contribution < -0.4 is 5.32 Å². The topological polar surface area (TPSA) is 58.6 Å². The Bertz CT molecular complexity index is 796. The van der Waals surface area contributed by atoms with Crippen LogP contribution in [0.3, 0.4) is 0 Å². The number of phenols is 1. The van der Waals surface area contributed by atoms with E-state index < -0.39 is 0 Å². The number of hydrogen-bond acceptors (Lipinski definition) is 3. The van der Waals surface area contributed by atoms with E-state index in [1.807, 2.05) is 19.9 Å². The molecule has 1 amide bonds. The van der Waals surface area contributed by atoms with Crippen LogP contribution in [0, 0.1) is 5.82 Å². The Morgan fingerprint density at radius 2 is 1.85 bits per heavy atom. The summed E-state index contributed by atoms with van der Waals surface area (Å²) in [6.45, 7) is 5.69. The maximum Gasteiger partial charge on any atom is 0.255 e. The molecule has 1 heterocycles. The average Bonchev–Trinajstić information content (AvgIpc) is 2.67. The molecule has 27 heavy (non-hydrogen) atoms. The number of nitrogens with one attached hydrogen (secondary N) is 1. The first-order valence-electron chi connectivity index (χ1n) is 9.36. The average molecular weight is 371 g/mol. The highest BCUT2D eigenvalue weighted by Crippen LogP contribution is 2.34. The minimum absolute atomic E-state index is 0.0280. The number of phenolic OH excluding ortho intramolecular Hbond substituents is 1. The summed E-state index contributed by atoms with van der Waals surface area (Å²) in [5.74, 6) is -0.346. The molecule has 2 aromatic rings. The molecular weight excluding hydrogens is 345 g/mol. The number of carbonyl (C=O) groups excluding carboxylic acids is 1. The van der Waals surface area contributed by atoms with Crippen LogP contribution >= 0.6 is 0 Å². The zero-order valence-corrected chi connectivity index (χ0v) is 15.8. The molecule has 0 bridgehead atoms. The molecule has 0 aliphatic carbocycles. The zero-order valence-electron chi connectivity index (χ0n) is 15.8. The van der Waals surface area contributed by atoms with Crippen LogP contribution in [-0.4, -0.2) is 30.8 Å². The summed E-state index contributed by atoms with van der Waals surface area (Å²) in [7, 11) is 0. The first-order chi connectivity index (χ1) is 12.9. The number of amides is 1. The fourth-order valence-corrected chi connectivity index (χ4v) is 3.57. The highest BCUT2D eigenvalue weighted by molar-refractivity contribution is 5.97. The Hall–Kier alpha value is -2.40. The molecule has 1 aliphatic heterocycles. The Morgan fingerprint density at radius 3 is 2.48 bits per heavy atom. The predicted molar refractivity (Wildman–Crippen MR) is 103 cm³/mol. The van der Waals surface area contributed by atoms with E-state index in [1.54, 1.807) is 24.3 Å². The quantitative estimate of drug-likeness (QED) is 0.831. The van der Waals surface area contributed by atoms with Gasteiger partial charge in [0.1, 0.15) is 11.6 Å². The van der Waals surface area contributed by atoms with Gasteiger partial charge in [-0.1, -0.05) is 32.0 Å². The molecule has 2 aromatic carbocycles. The largest absolute Gasteiger partial charge is 0.507 e. The van der Waals surface area contributed by atoms with Gasteiger partial charge in [0.2, 0.25) is 0 Å². The van der Waals surface area contributed by atoms with Gasteiger partial charge >= 0.3 is 0 Å². The van der Waals surface area contributed by atoms with E-state index in [0.29, 0.717) is 19.8 Å². The molecule has 2 N–H and O–H groups in total. The molecule has 4 nitrogen and oxygen atoms in total. The molecule has 5 heteroatoms. The monoisotopic (exact) mass is 371 g/mol. The van der Waals surface area contributed by atoms with Crippen molar-refractivity contribution in [2.45, 2.75) is 38.0 Å². The summed E-state index contributed by atoms with van der Waals surface area (Å²) in [5, 5.41) is 13.1. The second-order valence-corrected chi connectivity index (χ2v) is 7.51. The number of ether oxygens (including phenoxy) is 1. The normalized spacial score (nSPS) is 16.3. The first kappa shape index (κ1) is 19.4. The first-order valence-corrected chi connectivity index (χ1v) is 9.36. The smallest absolute Gasteiger partial charge is 0.255 e. The molecule has 1 fully saturated rings. The van der Waals surface area contributed by atoms with E-state index >= 15 is 0 Å². The molecule has 0 unspecified atom stereocenters. The van der Waals surface area contributed by atoms with Crippen molar-refractivity contribution in [2.24, 2.45) is 0 Å². The summed E-state index contributed by atoms with van der Waals surface area (Å²) in [6.07, 6.45) is 1.49. The van der Waals surface area contributed by atoms with Crippen molar-refractivity contribution in [3.05, 3.63) is 65.0 Å². The standard InChI is InChI=1S/C22H26FNO3/c1-15(2)16-3-8-20(25)19(13-16)21(26)24-14-22(9-11-27-12-10-22)17-4-6-18(23)7-5-17/h3-8,13,15,25H,9-12,14H2,1-2H3,(H,24,26). The predicted octanol–water partition coefficient (Wildman–Crippen LogP) is 4.13. The molecular formula is C22H26FNO3. The molecule has 144 valence electrons. The fraction of sp³-hybridized carbons (Fsp3) is 0.409. The second kappa shape index (κ2) is 8.09. The van der Waals surface area contributed by atoms with Crippen molar-refractivity contribution in [1.82, 2.24) is 5.32 Å². The van der Waals surface area contributed by atoms with Crippen LogP contribution in [0.5, 0.6) is 5.75 Å². The van der Waals surface area contributed by atoms with Gasteiger partial charge in [0.25, 0.3) is 5.91 Å². The van der Waals surface area contributed by atoms with Gasteiger partial charge in [0, 0.05) is 25.2 Å². The third-order valence-corrected chi connectivity index (χ3v) is 5.43. The Kier molecular flexibility index (Phi) is 5.80. The molecule has 1 aliphatic rings. The lowest BCUT2D eigenvalue weighted by Crippen LogP contribution is -2.44. The summed E-state index contributed by atoms with van der Waals surface area (Å²) >= 11 is 0. The van der Waals surface area contributed by atoms with Crippen molar-refractivity contribution in [3.63, 3.8) is 0 Å². The van der Waals surface area contributed by atoms with Crippen LogP contribution in [0.4, 0.5) is 4.39 Å². The molecule has 0 saturated carbocycles. The van der Waals surface area contributed by atoms with Crippen LogP contribution in [-0.2, 0) is 10.2 Å². The molecule has 0 radical (unpaired) electrons. The number of halogens is 1. The number of carbonyl (C=O) groups is 1.